The van der Waals surface area contributed by atoms with Crippen LogP contribution in [0.4, 0.5) is 4.39 Å². The number of hydrogen-bond donors (Lipinski definition) is 1. The Morgan fingerprint density at radius 1 is 1.17 bits per heavy atom. The fraction of sp³-hybridized carbons (Fsp3) is 0.391. The number of nitrogens with one attached hydrogen (secondary N) is 1. The van der Waals surface area contributed by atoms with Crippen LogP contribution in [0.2, 0.25) is 5.02 Å². The van der Waals surface area contributed by atoms with Crippen molar-refractivity contribution in [2.75, 3.05) is 0 Å². The summed E-state index contributed by atoms with van der Waals surface area (Å²) < 4.78 is 20.0. The van der Waals surface area contributed by atoms with Crippen molar-refractivity contribution >= 4 is 17.5 Å². The summed E-state index contributed by atoms with van der Waals surface area (Å²) in [5.74, 6) is -0.135. The van der Waals surface area contributed by atoms with Gasteiger partial charge in [0.25, 0.3) is 5.91 Å². The molecule has 2 aromatic carbocycles. The second kappa shape index (κ2) is 7.35. The number of benzene rings is 2. The molecule has 0 saturated heterocycles. The van der Waals surface area contributed by atoms with Gasteiger partial charge in [0.1, 0.15) is 23.7 Å². The van der Waals surface area contributed by atoms with Crippen LogP contribution < -0.4 is 10.1 Å². The summed E-state index contributed by atoms with van der Waals surface area (Å²) in [7, 11) is 0. The zero-order valence-corrected chi connectivity index (χ0v) is 17.9. The maximum atomic E-state index is 13.8. The minimum absolute atomic E-state index is 0.175. The highest BCUT2D eigenvalue weighted by molar-refractivity contribution is 6.31. The Kier molecular flexibility index (Phi) is 5.36. The van der Waals surface area contributed by atoms with Crippen molar-refractivity contribution in [1.29, 1.82) is 5.26 Å². The zero-order valence-electron chi connectivity index (χ0n) is 17.1. The van der Waals surface area contributed by atoms with Crippen LogP contribution in [0.1, 0.15) is 49.2 Å². The number of carbonyl (C=O) groups is 1. The van der Waals surface area contributed by atoms with Crippen LogP contribution in [-0.4, -0.2) is 18.1 Å². The largest absolute Gasteiger partial charge is 0.489 e. The molecule has 0 atom stereocenters. The summed E-state index contributed by atoms with van der Waals surface area (Å²) in [5.41, 5.74) is 0.441. The van der Waals surface area contributed by atoms with E-state index in [9.17, 15) is 9.18 Å². The summed E-state index contributed by atoms with van der Waals surface area (Å²) in [4.78, 5) is 12.7. The molecule has 0 radical (unpaired) electrons. The molecule has 1 saturated carbocycles. The van der Waals surface area contributed by atoms with Crippen LogP contribution in [0.5, 0.6) is 5.75 Å². The van der Waals surface area contributed by atoms with Gasteiger partial charge in [-0.3, -0.25) is 4.79 Å². The predicted octanol–water partition coefficient (Wildman–Crippen LogP) is 5.27. The van der Waals surface area contributed by atoms with E-state index in [0.717, 1.165) is 0 Å². The van der Waals surface area contributed by atoms with Crippen molar-refractivity contribution in [3.8, 4) is 11.8 Å². The first-order valence-electron chi connectivity index (χ1n) is 9.41. The van der Waals surface area contributed by atoms with Crippen LogP contribution in [0.3, 0.4) is 0 Å². The van der Waals surface area contributed by atoms with E-state index in [-0.39, 0.29) is 28.9 Å². The standard InChI is InChI=1S/C23H24ClFN2O2/c1-13-6-7-14(10-18(13)25)19(28)27-20-22(2,3)21(23(20,4)5)29-16-9-8-15(12-26)17(24)11-16/h6-11,20-21H,1-5H3,(H,27,28)/t20-,21-. The molecule has 0 unspecified atom stereocenters. The third-order valence-electron chi connectivity index (χ3n) is 5.86. The van der Waals surface area contributed by atoms with Crippen LogP contribution in [0.25, 0.3) is 0 Å². The van der Waals surface area contributed by atoms with E-state index in [2.05, 4.69) is 5.32 Å². The Hall–Kier alpha value is -2.58. The summed E-state index contributed by atoms with van der Waals surface area (Å²) in [6, 6.07) is 11.3. The number of aryl methyl sites for hydroxylation is 1. The molecule has 6 heteroatoms. The third kappa shape index (κ3) is 3.70. The molecular weight excluding hydrogens is 391 g/mol. The molecule has 0 heterocycles. The molecule has 1 aliphatic carbocycles. The monoisotopic (exact) mass is 414 g/mol. The summed E-state index contributed by atoms with van der Waals surface area (Å²) in [5, 5.41) is 12.4. The second-order valence-electron chi connectivity index (χ2n) is 8.76. The fourth-order valence-electron chi connectivity index (χ4n) is 4.54. The molecule has 1 amide bonds. The van der Waals surface area contributed by atoms with Crippen LogP contribution >= 0.6 is 11.6 Å². The maximum absolute atomic E-state index is 13.8. The quantitative estimate of drug-likeness (QED) is 0.741. The normalized spacial score (nSPS) is 21.6. The lowest BCUT2D eigenvalue weighted by Gasteiger charge is -2.63. The first-order valence-corrected chi connectivity index (χ1v) is 9.79. The van der Waals surface area contributed by atoms with Crippen molar-refractivity contribution in [2.24, 2.45) is 10.8 Å². The number of carbonyl (C=O) groups excluding carboxylic acids is 1. The van der Waals surface area contributed by atoms with Gasteiger partial charge in [-0.05, 0) is 36.8 Å². The van der Waals surface area contributed by atoms with E-state index in [1.54, 1.807) is 37.3 Å². The number of nitrogens with zero attached hydrogens (tertiary/aromatic N) is 1. The molecule has 0 bridgehead atoms. The molecule has 3 rings (SSSR count). The van der Waals surface area contributed by atoms with Gasteiger partial charge in [-0.2, -0.15) is 5.26 Å². The smallest absolute Gasteiger partial charge is 0.251 e. The van der Waals surface area contributed by atoms with Crippen molar-refractivity contribution in [3.63, 3.8) is 0 Å². The van der Waals surface area contributed by atoms with E-state index < -0.39 is 5.82 Å². The lowest BCUT2D eigenvalue weighted by Crippen LogP contribution is -2.74. The number of ether oxygens (including phenoxy) is 1. The molecule has 0 aliphatic heterocycles. The van der Waals surface area contributed by atoms with Crippen molar-refractivity contribution < 1.29 is 13.9 Å². The minimum Gasteiger partial charge on any atom is -0.489 e. The topological polar surface area (TPSA) is 62.1 Å². The Balaban J connectivity index is 1.77. The van der Waals surface area contributed by atoms with Crippen LogP contribution in [0.15, 0.2) is 36.4 Å². The highest BCUT2D eigenvalue weighted by Gasteiger charge is 2.64. The van der Waals surface area contributed by atoms with Gasteiger partial charge in [-0.15, -0.1) is 0 Å². The molecule has 2 aromatic rings. The van der Waals surface area contributed by atoms with Gasteiger partial charge in [0.15, 0.2) is 0 Å². The molecule has 1 fully saturated rings. The number of halogens is 2. The first-order chi connectivity index (χ1) is 13.5. The average Bonchev–Trinajstić information content (AvgIpc) is 2.65. The summed E-state index contributed by atoms with van der Waals surface area (Å²) in [6.07, 6.45) is -0.195. The summed E-state index contributed by atoms with van der Waals surface area (Å²) in [6.45, 7) is 9.75. The van der Waals surface area contributed by atoms with Gasteiger partial charge in [0, 0.05) is 28.5 Å². The zero-order chi connectivity index (χ0) is 21.6. The Labute approximate surface area is 175 Å². The number of amides is 1. The van der Waals surface area contributed by atoms with Gasteiger partial charge in [-0.1, -0.05) is 45.4 Å². The SMILES string of the molecule is Cc1ccc(C(=O)N[C@H]2C(C)(C)[C@H](Oc3ccc(C#N)c(Cl)c3)C2(C)C)cc1F. The van der Waals surface area contributed by atoms with E-state index in [1.807, 2.05) is 33.8 Å². The van der Waals surface area contributed by atoms with E-state index in [1.165, 1.54) is 6.07 Å². The van der Waals surface area contributed by atoms with Crippen molar-refractivity contribution in [3.05, 3.63) is 63.9 Å². The highest BCUT2D eigenvalue weighted by Crippen LogP contribution is 2.55. The van der Waals surface area contributed by atoms with Gasteiger partial charge in [-0.25, -0.2) is 4.39 Å². The van der Waals surface area contributed by atoms with Gasteiger partial charge < -0.3 is 10.1 Å². The van der Waals surface area contributed by atoms with Crippen LogP contribution in [-0.2, 0) is 0 Å². The van der Waals surface area contributed by atoms with E-state index >= 15 is 0 Å². The highest BCUT2D eigenvalue weighted by atomic mass is 35.5. The number of nitriles is 1. The molecule has 1 N–H and O–H groups in total. The fourth-order valence-corrected chi connectivity index (χ4v) is 4.76. The van der Waals surface area contributed by atoms with Crippen molar-refractivity contribution in [2.45, 2.75) is 46.8 Å². The first kappa shape index (κ1) is 21.1. The van der Waals surface area contributed by atoms with Crippen molar-refractivity contribution in [1.82, 2.24) is 5.32 Å². The Morgan fingerprint density at radius 2 is 1.83 bits per heavy atom. The molecule has 29 heavy (non-hydrogen) atoms. The lowest BCUT2D eigenvalue weighted by molar-refractivity contribution is -0.164. The molecule has 0 aromatic heterocycles. The third-order valence-corrected chi connectivity index (χ3v) is 6.18. The lowest BCUT2D eigenvalue weighted by atomic mass is 9.49. The molecule has 1 aliphatic rings. The van der Waals surface area contributed by atoms with Gasteiger partial charge in [0.05, 0.1) is 10.6 Å². The second-order valence-corrected chi connectivity index (χ2v) is 9.17. The molecular formula is C23H24ClFN2O2. The minimum atomic E-state index is -0.399. The van der Waals surface area contributed by atoms with E-state index in [0.29, 0.717) is 27.5 Å². The summed E-state index contributed by atoms with van der Waals surface area (Å²) >= 11 is 6.12. The van der Waals surface area contributed by atoms with E-state index in [4.69, 9.17) is 21.6 Å². The average molecular weight is 415 g/mol. The number of hydrogen-bond acceptors (Lipinski definition) is 3. The Morgan fingerprint density at radius 3 is 2.38 bits per heavy atom. The maximum Gasteiger partial charge on any atom is 0.251 e. The molecule has 152 valence electrons. The Bertz CT molecular complexity index is 994. The molecule has 4 nitrogen and oxygen atoms in total. The molecule has 0 spiro atoms. The van der Waals surface area contributed by atoms with Gasteiger partial charge in [0.2, 0.25) is 0 Å². The van der Waals surface area contributed by atoms with Gasteiger partial charge >= 0.3 is 0 Å². The predicted molar refractivity (Wildman–Crippen MR) is 111 cm³/mol. The van der Waals surface area contributed by atoms with Crippen LogP contribution in [0, 0.1) is 34.9 Å². The number of rotatable bonds is 4.